The van der Waals surface area contributed by atoms with Crippen molar-refractivity contribution >= 4 is 32.3 Å². The number of sulfonamides is 1. The Balaban J connectivity index is 1.43. The number of aromatic nitrogens is 4. The van der Waals surface area contributed by atoms with E-state index in [1.807, 2.05) is 0 Å². The molecule has 5 aromatic rings. The van der Waals surface area contributed by atoms with E-state index in [2.05, 4.69) is 25.1 Å². The van der Waals surface area contributed by atoms with Gasteiger partial charge in [-0.2, -0.15) is 18.3 Å². The summed E-state index contributed by atoms with van der Waals surface area (Å²) in [7, 11) is -3.83. The van der Waals surface area contributed by atoms with Gasteiger partial charge in [-0.1, -0.05) is 25.0 Å². The summed E-state index contributed by atoms with van der Waals surface area (Å²) in [5.74, 6) is -0.264. The first-order chi connectivity index (χ1) is 22.2. The van der Waals surface area contributed by atoms with E-state index in [1.54, 1.807) is 24.3 Å². The average Bonchev–Trinajstić information content (AvgIpc) is 3.74. The summed E-state index contributed by atoms with van der Waals surface area (Å²) in [6.07, 6.45) is 1.87. The van der Waals surface area contributed by atoms with Crippen LogP contribution in [0.1, 0.15) is 54.4 Å². The zero-order valence-corrected chi connectivity index (χ0v) is 25.9. The highest BCUT2D eigenvalue weighted by Gasteiger charge is 2.40. The van der Waals surface area contributed by atoms with Crippen molar-refractivity contribution in [3.63, 3.8) is 0 Å². The van der Waals surface area contributed by atoms with Crippen LogP contribution in [0.5, 0.6) is 0 Å². The summed E-state index contributed by atoms with van der Waals surface area (Å²) >= 11 is 0. The lowest BCUT2D eigenvalue weighted by molar-refractivity contribution is -0.141. The maximum absolute atomic E-state index is 15.4. The first-order valence-electron chi connectivity index (χ1n) is 14.7. The third-order valence-corrected chi connectivity index (χ3v) is 8.96. The number of nitrogens with one attached hydrogen (secondary N) is 2. The second kappa shape index (κ2) is 12.2. The van der Waals surface area contributed by atoms with Gasteiger partial charge in [-0.3, -0.25) is 4.98 Å². The van der Waals surface area contributed by atoms with Crippen molar-refractivity contribution in [2.45, 2.75) is 43.6 Å². The van der Waals surface area contributed by atoms with E-state index in [4.69, 9.17) is 5.73 Å². The molecule has 2 atom stereocenters. The van der Waals surface area contributed by atoms with Gasteiger partial charge in [0.05, 0.1) is 28.9 Å². The Morgan fingerprint density at radius 1 is 1.02 bits per heavy atom. The highest BCUT2D eigenvalue weighted by Crippen LogP contribution is 2.42. The number of alkyl halides is 3. The summed E-state index contributed by atoms with van der Waals surface area (Å²) in [6, 6.07) is 14.2. The van der Waals surface area contributed by atoms with E-state index in [1.165, 1.54) is 42.9 Å². The molecule has 10 nitrogen and oxygen atoms in total. The van der Waals surface area contributed by atoms with E-state index in [0.717, 1.165) is 29.8 Å². The molecule has 0 saturated heterocycles. The fourth-order valence-electron chi connectivity index (χ4n) is 5.77. The molecule has 0 spiro atoms. The highest BCUT2D eigenvalue weighted by molar-refractivity contribution is 7.88. The van der Waals surface area contributed by atoms with Gasteiger partial charge in [0.1, 0.15) is 11.6 Å². The number of rotatable bonds is 11. The number of nitrogens with zero attached hydrogens (tertiary/aromatic N) is 4. The minimum absolute atomic E-state index is 0.145. The molecule has 1 saturated carbocycles. The molecule has 1 aliphatic carbocycles. The second-order valence-electron chi connectivity index (χ2n) is 11.7. The van der Waals surface area contributed by atoms with E-state index in [0.29, 0.717) is 46.7 Å². The van der Waals surface area contributed by atoms with Gasteiger partial charge in [-0.05, 0) is 83.8 Å². The molecule has 0 bridgehead atoms. The smallest absolute Gasteiger partial charge is 0.383 e. The highest BCUT2D eigenvalue weighted by atomic mass is 32.2. The van der Waals surface area contributed by atoms with Crippen molar-refractivity contribution in [1.29, 1.82) is 0 Å². The number of hydrogen-bond donors (Lipinski definition) is 4. The zero-order chi connectivity index (χ0) is 33.6. The molecule has 246 valence electrons. The number of aliphatic hydroxyl groups excluding tert-OH is 1. The number of pyridine rings is 2. The maximum Gasteiger partial charge on any atom is 0.435 e. The number of nitrogens with two attached hydrogens (primary N) is 1. The predicted molar refractivity (Wildman–Crippen MR) is 168 cm³/mol. The molecule has 0 amide bonds. The van der Waals surface area contributed by atoms with Crippen LogP contribution >= 0.6 is 0 Å². The molecular formula is C32H31F4N7O3S. The maximum atomic E-state index is 15.4. The number of nitrogen functional groups attached to an aromatic ring is 1. The van der Waals surface area contributed by atoms with Gasteiger partial charge in [-0.25, -0.2) is 27.2 Å². The van der Waals surface area contributed by atoms with Crippen molar-refractivity contribution in [1.82, 2.24) is 24.5 Å². The summed E-state index contributed by atoms with van der Waals surface area (Å²) in [6.45, 7) is 0. The Kier molecular flexibility index (Phi) is 8.40. The molecule has 5 N–H and O–H groups in total. The first-order valence-corrected chi connectivity index (χ1v) is 16.6. The van der Waals surface area contributed by atoms with Crippen LogP contribution in [0.2, 0.25) is 0 Å². The predicted octanol–water partition coefficient (Wildman–Crippen LogP) is 5.64. The van der Waals surface area contributed by atoms with Crippen LogP contribution in [-0.4, -0.2) is 39.5 Å². The lowest BCUT2D eigenvalue weighted by Gasteiger charge is -2.36. The molecule has 3 aromatic heterocycles. The molecular weight excluding hydrogens is 638 g/mol. The molecule has 0 aliphatic heterocycles. The average molecular weight is 670 g/mol. The van der Waals surface area contributed by atoms with Gasteiger partial charge in [0, 0.05) is 24.0 Å². The number of anilines is 2. The SMILES string of the molecule is CS(=O)(=O)NC(CCC1CC1)(c1ccncc1)c1ccc(F)c(NC(O)c2cc(C(F)(F)F)nn2-c2ccc3ccnc(N)c3c2)c1. The van der Waals surface area contributed by atoms with Crippen molar-refractivity contribution in [2.24, 2.45) is 5.92 Å². The van der Waals surface area contributed by atoms with Crippen LogP contribution in [0, 0.1) is 11.7 Å². The lowest BCUT2D eigenvalue weighted by Crippen LogP contribution is -2.46. The molecule has 2 aromatic carbocycles. The van der Waals surface area contributed by atoms with Gasteiger partial charge in [-0.15, -0.1) is 0 Å². The Morgan fingerprint density at radius 3 is 2.45 bits per heavy atom. The Hall–Kier alpha value is -4.60. The zero-order valence-electron chi connectivity index (χ0n) is 25.0. The number of benzene rings is 2. The first kappa shape index (κ1) is 32.3. The fraction of sp³-hybridized carbons (Fsp3) is 0.281. The molecule has 2 unspecified atom stereocenters. The monoisotopic (exact) mass is 669 g/mol. The quantitative estimate of drug-likeness (QED) is 0.104. The van der Waals surface area contributed by atoms with Gasteiger partial charge in [0.2, 0.25) is 10.0 Å². The number of hydrogen-bond acceptors (Lipinski definition) is 8. The van der Waals surface area contributed by atoms with Crippen LogP contribution in [0.15, 0.2) is 79.3 Å². The van der Waals surface area contributed by atoms with E-state index in [9.17, 15) is 26.7 Å². The molecule has 6 rings (SSSR count). The van der Waals surface area contributed by atoms with Gasteiger partial charge >= 0.3 is 6.18 Å². The Morgan fingerprint density at radius 2 is 1.77 bits per heavy atom. The second-order valence-corrected chi connectivity index (χ2v) is 13.5. The van der Waals surface area contributed by atoms with Gasteiger partial charge < -0.3 is 16.2 Å². The third-order valence-electron chi connectivity index (χ3n) is 8.24. The molecule has 15 heteroatoms. The number of halogens is 4. The van der Waals surface area contributed by atoms with Crippen LogP contribution in [0.3, 0.4) is 0 Å². The lowest BCUT2D eigenvalue weighted by atomic mass is 9.79. The van der Waals surface area contributed by atoms with Crippen molar-refractivity contribution < 1.29 is 31.1 Å². The fourth-order valence-corrected chi connectivity index (χ4v) is 6.74. The van der Waals surface area contributed by atoms with Crippen molar-refractivity contribution in [2.75, 3.05) is 17.3 Å². The van der Waals surface area contributed by atoms with Gasteiger partial charge in [0.15, 0.2) is 11.9 Å². The van der Waals surface area contributed by atoms with E-state index in [-0.39, 0.29) is 22.9 Å². The van der Waals surface area contributed by atoms with E-state index < -0.39 is 39.5 Å². The molecule has 0 radical (unpaired) electrons. The Bertz CT molecular complexity index is 2040. The van der Waals surface area contributed by atoms with Crippen LogP contribution in [0.4, 0.5) is 29.1 Å². The molecule has 1 aliphatic rings. The molecule has 47 heavy (non-hydrogen) atoms. The minimum atomic E-state index is -4.86. The number of aliphatic hydroxyl groups is 1. The minimum Gasteiger partial charge on any atom is -0.383 e. The van der Waals surface area contributed by atoms with Crippen LogP contribution in [-0.2, 0) is 21.7 Å². The topological polar surface area (TPSA) is 148 Å². The third kappa shape index (κ3) is 6.92. The van der Waals surface area contributed by atoms with E-state index >= 15 is 4.39 Å². The number of fused-ring (bicyclic) bond motifs is 1. The molecule has 1 fully saturated rings. The Labute approximate surface area is 267 Å². The standard InChI is InChI=1S/C32H31F4N7O3S/c1-47(45,46)42-31(12-8-19-2-3-19,21-10-13-38-14-11-21)22-5-7-25(33)26(16-22)40-30(44)27-18-28(32(34,35)36)41-43(27)23-6-4-20-9-15-39-29(37)24(20)17-23/h4-7,9-11,13-19,30,40,42,44H,2-3,8,12H2,1H3,(H2,37,39). The van der Waals surface area contributed by atoms with Gasteiger partial charge in [0.25, 0.3) is 0 Å². The largest absolute Gasteiger partial charge is 0.435 e. The summed E-state index contributed by atoms with van der Waals surface area (Å²) in [5, 5.41) is 18.7. The van der Waals surface area contributed by atoms with Crippen molar-refractivity contribution in [3.05, 3.63) is 108 Å². The summed E-state index contributed by atoms with van der Waals surface area (Å²) in [4.78, 5) is 8.08. The van der Waals surface area contributed by atoms with Crippen molar-refractivity contribution in [3.8, 4) is 5.69 Å². The normalized spacial score (nSPS) is 15.8. The summed E-state index contributed by atoms with van der Waals surface area (Å²) in [5.41, 5.74) is 3.83. The summed E-state index contributed by atoms with van der Waals surface area (Å²) < 4.78 is 86.1. The van der Waals surface area contributed by atoms with Crippen LogP contribution < -0.4 is 15.8 Å². The van der Waals surface area contributed by atoms with Crippen LogP contribution in [0.25, 0.3) is 16.5 Å². The molecule has 3 heterocycles.